The smallest absolute Gasteiger partial charge is 0.244 e. The maximum absolute atomic E-state index is 12.6. The van der Waals surface area contributed by atoms with Crippen molar-refractivity contribution in [3.8, 4) is 0 Å². The summed E-state index contributed by atoms with van der Waals surface area (Å²) in [7, 11) is 0. The molecular formula is C18H17ClN2O3. The van der Waals surface area contributed by atoms with Crippen LogP contribution in [0.2, 0.25) is 5.02 Å². The molecule has 0 radical (unpaired) electrons. The van der Waals surface area contributed by atoms with Gasteiger partial charge in [0.1, 0.15) is 6.54 Å². The number of hydrogen-bond donors (Lipinski definition) is 1. The van der Waals surface area contributed by atoms with Crippen molar-refractivity contribution in [1.29, 1.82) is 0 Å². The number of fused-ring (bicyclic) bond motifs is 5. The number of halogens is 1. The van der Waals surface area contributed by atoms with Crippen LogP contribution in [0.1, 0.15) is 12.0 Å². The van der Waals surface area contributed by atoms with Gasteiger partial charge in [-0.1, -0.05) is 29.8 Å². The van der Waals surface area contributed by atoms with Crippen molar-refractivity contribution in [1.82, 2.24) is 4.90 Å². The van der Waals surface area contributed by atoms with Crippen LogP contribution in [0.15, 0.2) is 30.4 Å². The first-order valence-corrected chi connectivity index (χ1v) is 8.43. The molecule has 1 aliphatic heterocycles. The Morgan fingerprint density at radius 2 is 1.83 bits per heavy atom. The van der Waals surface area contributed by atoms with Gasteiger partial charge in [-0.2, -0.15) is 0 Å². The monoisotopic (exact) mass is 344 g/mol. The molecule has 24 heavy (non-hydrogen) atoms. The predicted octanol–water partition coefficient (Wildman–Crippen LogP) is 2.39. The zero-order valence-corrected chi connectivity index (χ0v) is 13.9. The predicted molar refractivity (Wildman–Crippen MR) is 89.3 cm³/mol. The molecule has 4 rings (SSSR count). The van der Waals surface area contributed by atoms with E-state index < -0.39 is 0 Å². The summed E-state index contributed by atoms with van der Waals surface area (Å²) in [6.45, 7) is 1.61. The summed E-state index contributed by atoms with van der Waals surface area (Å²) < 4.78 is 0. The Bertz CT molecular complexity index is 758. The summed E-state index contributed by atoms with van der Waals surface area (Å²) in [4.78, 5) is 38.6. The van der Waals surface area contributed by atoms with Gasteiger partial charge in [0.05, 0.1) is 11.8 Å². The highest BCUT2D eigenvalue weighted by atomic mass is 35.5. The van der Waals surface area contributed by atoms with E-state index >= 15 is 0 Å². The molecule has 1 saturated heterocycles. The lowest BCUT2D eigenvalue weighted by atomic mass is 9.85. The Hall–Kier alpha value is -2.14. The summed E-state index contributed by atoms with van der Waals surface area (Å²) in [6, 6.07) is 5.20. The number of nitrogens with zero attached hydrogens (tertiary/aromatic N) is 1. The quantitative estimate of drug-likeness (QED) is 0.676. The third-order valence-corrected chi connectivity index (χ3v) is 5.57. The molecule has 2 bridgehead atoms. The Morgan fingerprint density at radius 3 is 2.46 bits per heavy atom. The first-order valence-electron chi connectivity index (χ1n) is 8.05. The van der Waals surface area contributed by atoms with Gasteiger partial charge in [-0.25, -0.2) is 0 Å². The topological polar surface area (TPSA) is 66.5 Å². The lowest BCUT2D eigenvalue weighted by molar-refractivity contribution is -0.143. The zero-order chi connectivity index (χ0) is 17.0. The summed E-state index contributed by atoms with van der Waals surface area (Å²) in [6.07, 6.45) is 4.96. The SMILES string of the molecule is Cc1ccc(Cl)cc1NC(=O)CN1C(=O)C2C3C=CC(C3)C2C1=O. The van der Waals surface area contributed by atoms with Crippen molar-refractivity contribution < 1.29 is 14.4 Å². The van der Waals surface area contributed by atoms with Gasteiger partial charge in [0, 0.05) is 10.7 Å². The third-order valence-electron chi connectivity index (χ3n) is 5.34. The van der Waals surface area contributed by atoms with Gasteiger partial charge in [-0.3, -0.25) is 19.3 Å². The molecule has 3 aliphatic rings. The largest absolute Gasteiger partial charge is 0.324 e. The van der Waals surface area contributed by atoms with Gasteiger partial charge in [-0.05, 0) is 42.9 Å². The Balaban J connectivity index is 1.48. The molecule has 2 fully saturated rings. The lowest BCUT2D eigenvalue weighted by Gasteiger charge is -2.17. The van der Waals surface area contributed by atoms with Crippen LogP contribution >= 0.6 is 11.6 Å². The number of carbonyl (C=O) groups is 3. The first kappa shape index (κ1) is 15.4. The van der Waals surface area contributed by atoms with Gasteiger partial charge in [-0.15, -0.1) is 0 Å². The van der Waals surface area contributed by atoms with E-state index in [0.29, 0.717) is 10.7 Å². The third kappa shape index (κ3) is 2.26. The molecule has 124 valence electrons. The maximum Gasteiger partial charge on any atom is 0.244 e. The van der Waals surface area contributed by atoms with Crippen LogP contribution in [0, 0.1) is 30.6 Å². The zero-order valence-electron chi connectivity index (χ0n) is 13.2. The first-order chi connectivity index (χ1) is 11.5. The van der Waals surface area contributed by atoms with Crippen LogP contribution < -0.4 is 5.32 Å². The number of carbonyl (C=O) groups excluding carboxylic acids is 3. The average molecular weight is 345 g/mol. The van der Waals surface area contributed by atoms with Gasteiger partial charge >= 0.3 is 0 Å². The molecule has 1 N–H and O–H groups in total. The maximum atomic E-state index is 12.6. The van der Waals surface area contributed by atoms with E-state index in [9.17, 15) is 14.4 Å². The van der Waals surface area contributed by atoms with Crippen LogP contribution in [-0.4, -0.2) is 29.2 Å². The minimum absolute atomic E-state index is 0.152. The number of allylic oxidation sites excluding steroid dienone is 2. The fourth-order valence-corrected chi connectivity index (χ4v) is 4.35. The van der Waals surface area contributed by atoms with Gasteiger partial charge < -0.3 is 5.32 Å². The normalized spacial score (nSPS) is 30.2. The molecule has 1 aromatic rings. The molecule has 0 spiro atoms. The highest BCUT2D eigenvalue weighted by Crippen LogP contribution is 2.52. The summed E-state index contributed by atoms with van der Waals surface area (Å²) in [5, 5.41) is 3.25. The molecule has 0 aromatic heterocycles. The van der Waals surface area contributed by atoms with Gasteiger partial charge in [0.25, 0.3) is 0 Å². The van der Waals surface area contributed by atoms with E-state index in [1.807, 2.05) is 19.1 Å². The number of anilines is 1. The van der Waals surface area contributed by atoms with E-state index in [1.54, 1.807) is 18.2 Å². The Kier molecular flexibility index (Phi) is 3.49. The van der Waals surface area contributed by atoms with Crippen molar-refractivity contribution >= 4 is 35.0 Å². The molecule has 1 aromatic carbocycles. The van der Waals surface area contributed by atoms with Crippen molar-refractivity contribution in [3.63, 3.8) is 0 Å². The molecule has 1 saturated carbocycles. The second-order valence-corrected chi connectivity index (χ2v) is 7.21. The number of nitrogens with one attached hydrogen (secondary N) is 1. The number of benzene rings is 1. The number of hydrogen-bond acceptors (Lipinski definition) is 3. The van der Waals surface area contributed by atoms with Gasteiger partial charge in [0.2, 0.25) is 17.7 Å². The van der Waals surface area contributed by atoms with Crippen LogP contribution in [0.25, 0.3) is 0 Å². The van der Waals surface area contributed by atoms with E-state index in [-0.39, 0.29) is 47.9 Å². The summed E-state index contributed by atoms with van der Waals surface area (Å²) in [5.74, 6) is -1.04. The number of aryl methyl sites for hydroxylation is 1. The number of rotatable bonds is 3. The molecule has 6 heteroatoms. The number of likely N-dealkylation sites (tertiary alicyclic amines) is 1. The minimum atomic E-state index is -0.387. The molecule has 4 unspecified atom stereocenters. The van der Waals surface area contributed by atoms with E-state index in [1.165, 1.54) is 0 Å². The highest BCUT2D eigenvalue weighted by molar-refractivity contribution is 6.31. The second kappa shape index (κ2) is 5.45. The fraction of sp³-hybridized carbons (Fsp3) is 0.389. The van der Waals surface area contributed by atoms with E-state index in [0.717, 1.165) is 16.9 Å². The molecular weight excluding hydrogens is 328 g/mol. The van der Waals surface area contributed by atoms with Crippen LogP contribution in [0.4, 0.5) is 5.69 Å². The highest BCUT2D eigenvalue weighted by Gasteiger charge is 2.59. The molecule has 5 nitrogen and oxygen atoms in total. The Labute approximate surface area is 144 Å². The summed E-state index contributed by atoms with van der Waals surface area (Å²) in [5.41, 5.74) is 1.46. The standard InChI is InChI=1S/C18H17ClN2O3/c1-9-2-5-12(19)7-13(9)20-14(22)8-21-17(23)15-10-3-4-11(6-10)16(15)18(21)24/h2-5,7,10-11,15-16H,6,8H2,1H3,(H,20,22). The van der Waals surface area contributed by atoms with Crippen molar-refractivity contribution in [2.75, 3.05) is 11.9 Å². The van der Waals surface area contributed by atoms with E-state index in [4.69, 9.17) is 11.6 Å². The van der Waals surface area contributed by atoms with Gasteiger partial charge in [0.15, 0.2) is 0 Å². The van der Waals surface area contributed by atoms with Crippen molar-refractivity contribution in [3.05, 3.63) is 40.9 Å². The number of imide groups is 1. The number of amides is 3. The lowest BCUT2D eigenvalue weighted by Crippen LogP contribution is -2.39. The molecule has 1 heterocycles. The molecule has 2 aliphatic carbocycles. The second-order valence-electron chi connectivity index (χ2n) is 6.77. The molecule has 4 atom stereocenters. The Morgan fingerprint density at radius 1 is 1.21 bits per heavy atom. The van der Waals surface area contributed by atoms with Crippen molar-refractivity contribution in [2.24, 2.45) is 23.7 Å². The van der Waals surface area contributed by atoms with Crippen LogP contribution in [0.3, 0.4) is 0 Å². The van der Waals surface area contributed by atoms with Crippen LogP contribution in [-0.2, 0) is 14.4 Å². The minimum Gasteiger partial charge on any atom is -0.324 e. The van der Waals surface area contributed by atoms with E-state index in [2.05, 4.69) is 5.32 Å². The summed E-state index contributed by atoms with van der Waals surface area (Å²) >= 11 is 5.94. The van der Waals surface area contributed by atoms with Crippen LogP contribution in [0.5, 0.6) is 0 Å². The molecule has 3 amide bonds. The van der Waals surface area contributed by atoms with Crippen molar-refractivity contribution in [2.45, 2.75) is 13.3 Å². The average Bonchev–Trinajstić information content (AvgIpc) is 3.21. The fourth-order valence-electron chi connectivity index (χ4n) is 4.18.